The third-order valence-electron chi connectivity index (χ3n) is 2.17. The molecule has 0 saturated heterocycles. The van der Waals surface area contributed by atoms with Crippen molar-refractivity contribution < 1.29 is 9.53 Å². The minimum absolute atomic E-state index is 0.402. The van der Waals surface area contributed by atoms with Crippen LogP contribution in [0.3, 0.4) is 0 Å². The molecule has 0 atom stereocenters. The Kier molecular flexibility index (Phi) is 3.25. The topological polar surface area (TPSA) is 39.2 Å². The smallest absolute Gasteiger partial charge is 0.340 e. The van der Waals surface area contributed by atoms with Gasteiger partial charge in [0.05, 0.1) is 18.2 Å². The van der Waals surface area contributed by atoms with Crippen molar-refractivity contribution in [3.63, 3.8) is 0 Å². The fourth-order valence-electron chi connectivity index (χ4n) is 1.38. The molecule has 1 heterocycles. The van der Waals surface area contributed by atoms with Crippen molar-refractivity contribution in [1.29, 1.82) is 0 Å². The van der Waals surface area contributed by atoms with Gasteiger partial charge in [-0.2, -0.15) is 0 Å². The third-order valence-corrected chi connectivity index (χ3v) is 3.52. The highest BCUT2D eigenvalue weighted by atomic mass is 79.9. The summed E-state index contributed by atoms with van der Waals surface area (Å²) in [7, 11) is 1.35. The lowest BCUT2D eigenvalue weighted by molar-refractivity contribution is 0.0599. The largest absolute Gasteiger partial charge is 0.465 e. The van der Waals surface area contributed by atoms with Crippen LogP contribution in [0.5, 0.6) is 0 Å². The van der Waals surface area contributed by atoms with E-state index >= 15 is 0 Å². The molecule has 16 heavy (non-hydrogen) atoms. The third kappa shape index (κ3) is 1.97. The monoisotopic (exact) mass is 343 g/mol. The molecule has 1 aromatic heterocycles. The van der Waals surface area contributed by atoms with Gasteiger partial charge in [-0.25, -0.2) is 4.79 Å². The van der Waals surface area contributed by atoms with E-state index in [1.165, 1.54) is 13.3 Å². The van der Waals surface area contributed by atoms with Crippen LogP contribution in [0.4, 0.5) is 0 Å². The van der Waals surface area contributed by atoms with Crippen LogP contribution < -0.4 is 0 Å². The summed E-state index contributed by atoms with van der Waals surface area (Å²) >= 11 is 6.78. The van der Waals surface area contributed by atoms with Crippen LogP contribution in [-0.2, 0) is 4.74 Å². The quantitative estimate of drug-likeness (QED) is 0.743. The molecule has 0 aliphatic rings. The van der Waals surface area contributed by atoms with Gasteiger partial charge in [-0.1, -0.05) is 15.9 Å². The normalized spacial score (nSPS) is 10.4. The molecule has 1 aromatic carbocycles. The molecule has 5 heteroatoms. The zero-order valence-corrected chi connectivity index (χ0v) is 11.5. The van der Waals surface area contributed by atoms with Gasteiger partial charge in [-0.05, 0) is 34.1 Å². The molecular weight excluding hydrogens is 338 g/mol. The standard InChI is InChI=1S/C11H7Br2NO2/c1-16-11(15)8-5-14-9-3-2-6(12)4-7(9)10(8)13/h2-5H,1H3. The van der Waals surface area contributed by atoms with E-state index in [0.717, 1.165) is 15.4 Å². The summed E-state index contributed by atoms with van der Waals surface area (Å²) < 4.78 is 6.31. The van der Waals surface area contributed by atoms with Crippen molar-refractivity contribution in [2.45, 2.75) is 0 Å². The second-order valence-electron chi connectivity index (χ2n) is 3.14. The highest BCUT2D eigenvalue weighted by molar-refractivity contribution is 9.11. The lowest BCUT2D eigenvalue weighted by atomic mass is 10.1. The number of carbonyl (C=O) groups excluding carboxylic acids is 1. The maximum absolute atomic E-state index is 11.5. The Morgan fingerprint density at radius 2 is 2.12 bits per heavy atom. The van der Waals surface area contributed by atoms with Crippen molar-refractivity contribution in [3.05, 3.63) is 38.9 Å². The molecule has 0 aliphatic carbocycles. The second-order valence-corrected chi connectivity index (χ2v) is 4.85. The highest BCUT2D eigenvalue weighted by Crippen LogP contribution is 2.28. The molecule has 0 saturated carbocycles. The number of hydrogen-bond acceptors (Lipinski definition) is 3. The molecule has 0 bridgehead atoms. The highest BCUT2D eigenvalue weighted by Gasteiger charge is 2.13. The summed E-state index contributed by atoms with van der Waals surface area (Å²) in [5, 5.41) is 0.872. The summed E-state index contributed by atoms with van der Waals surface area (Å²) in [4.78, 5) is 15.7. The molecular formula is C11H7Br2NO2. The number of methoxy groups -OCH3 is 1. The molecule has 0 spiro atoms. The molecule has 2 aromatic rings. The van der Waals surface area contributed by atoms with Gasteiger partial charge in [0, 0.05) is 20.5 Å². The summed E-state index contributed by atoms with van der Waals surface area (Å²) in [6, 6.07) is 5.68. The predicted octanol–water partition coefficient (Wildman–Crippen LogP) is 3.55. The number of esters is 1. The first-order valence-corrected chi connectivity index (χ1v) is 6.04. The number of hydrogen-bond donors (Lipinski definition) is 0. The zero-order chi connectivity index (χ0) is 11.7. The average Bonchev–Trinajstić information content (AvgIpc) is 2.29. The second kappa shape index (κ2) is 4.51. The Morgan fingerprint density at radius 1 is 1.38 bits per heavy atom. The number of rotatable bonds is 1. The number of halogens is 2. The summed E-state index contributed by atoms with van der Waals surface area (Å²) in [6.45, 7) is 0. The SMILES string of the molecule is COC(=O)c1cnc2ccc(Br)cc2c1Br. The van der Waals surface area contributed by atoms with Crippen molar-refractivity contribution in [3.8, 4) is 0 Å². The molecule has 0 N–H and O–H groups in total. The fraction of sp³-hybridized carbons (Fsp3) is 0.0909. The van der Waals surface area contributed by atoms with Gasteiger partial charge in [0.1, 0.15) is 0 Å². The summed E-state index contributed by atoms with van der Waals surface area (Å²) in [6.07, 6.45) is 1.51. The number of nitrogens with zero attached hydrogens (tertiary/aromatic N) is 1. The van der Waals surface area contributed by atoms with E-state index in [9.17, 15) is 4.79 Å². The number of aromatic nitrogens is 1. The lowest BCUT2D eigenvalue weighted by Crippen LogP contribution is -2.03. The number of fused-ring (bicyclic) bond motifs is 1. The Balaban J connectivity index is 2.72. The van der Waals surface area contributed by atoms with Crippen LogP contribution in [0.25, 0.3) is 10.9 Å². The Labute approximate surface area is 109 Å². The van der Waals surface area contributed by atoms with Crippen molar-refractivity contribution in [2.75, 3.05) is 7.11 Å². The van der Waals surface area contributed by atoms with Gasteiger partial charge in [0.25, 0.3) is 0 Å². The fourth-order valence-corrected chi connectivity index (χ4v) is 2.33. The van der Waals surface area contributed by atoms with Crippen LogP contribution in [0, 0.1) is 0 Å². The molecule has 3 nitrogen and oxygen atoms in total. The Morgan fingerprint density at radius 3 is 2.81 bits per heavy atom. The molecule has 0 unspecified atom stereocenters. The van der Waals surface area contributed by atoms with Gasteiger partial charge in [0.15, 0.2) is 0 Å². The van der Waals surface area contributed by atoms with Crippen LogP contribution in [0.2, 0.25) is 0 Å². The number of benzene rings is 1. The molecule has 0 aliphatic heterocycles. The van der Waals surface area contributed by atoms with Gasteiger partial charge in [-0.15, -0.1) is 0 Å². The van der Waals surface area contributed by atoms with E-state index in [2.05, 4.69) is 41.6 Å². The molecule has 0 radical (unpaired) electrons. The van der Waals surface area contributed by atoms with E-state index in [-0.39, 0.29) is 0 Å². The predicted molar refractivity (Wildman–Crippen MR) is 68.5 cm³/mol. The molecule has 0 fully saturated rings. The zero-order valence-electron chi connectivity index (χ0n) is 8.33. The molecule has 82 valence electrons. The summed E-state index contributed by atoms with van der Waals surface area (Å²) in [5.41, 5.74) is 1.25. The average molecular weight is 345 g/mol. The van der Waals surface area contributed by atoms with Gasteiger partial charge in [0.2, 0.25) is 0 Å². The van der Waals surface area contributed by atoms with Crippen molar-refractivity contribution >= 4 is 48.7 Å². The number of pyridine rings is 1. The van der Waals surface area contributed by atoms with Crippen LogP contribution in [0.15, 0.2) is 33.3 Å². The molecule has 2 rings (SSSR count). The van der Waals surface area contributed by atoms with Gasteiger partial charge < -0.3 is 4.74 Å². The first-order valence-electron chi connectivity index (χ1n) is 4.45. The van der Waals surface area contributed by atoms with Gasteiger partial charge >= 0.3 is 5.97 Å². The van der Waals surface area contributed by atoms with Crippen LogP contribution >= 0.6 is 31.9 Å². The van der Waals surface area contributed by atoms with E-state index < -0.39 is 5.97 Å². The van der Waals surface area contributed by atoms with Gasteiger partial charge in [-0.3, -0.25) is 4.98 Å². The lowest BCUT2D eigenvalue weighted by Gasteiger charge is -2.05. The first-order chi connectivity index (χ1) is 7.63. The van der Waals surface area contributed by atoms with E-state index in [1.54, 1.807) is 0 Å². The van der Waals surface area contributed by atoms with Crippen molar-refractivity contribution in [1.82, 2.24) is 4.98 Å². The first kappa shape index (κ1) is 11.5. The molecule has 0 amide bonds. The maximum atomic E-state index is 11.5. The summed E-state index contributed by atoms with van der Waals surface area (Å²) in [5.74, 6) is -0.402. The Hall–Kier alpha value is -0.940. The van der Waals surface area contributed by atoms with E-state index in [0.29, 0.717) is 10.0 Å². The number of carbonyl (C=O) groups is 1. The van der Waals surface area contributed by atoms with E-state index in [4.69, 9.17) is 0 Å². The van der Waals surface area contributed by atoms with Crippen LogP contribution in [0.1, 0.15) is 10.4 Å². The van der Waals surface area contributed by atoms with Crippen LogP contribution in [-0.4, -0.2) is 18.1 Å². The maximum Gasteiger partial charge on any atom is 0.340 e. The van der Waals surface area contributed by atoms with E-state index in [1.807, 2.05) is 18.2 Å². The minimum Gasteiger partial charge on any atom is -0.465 e. The van der Waals surface area contributed by atoms with Crippen molar-refractivity contribution in [2.24, 2.45) is 0 Å². The Bertz CT molecular complexity index is 569. The minimum atomic E-state index is -0.402. The number of ether oxygens (including phenoxy) is 1.